The van der Waals surface area contributed by atoms with E-state index in [9.17, 15) is 0 Å². The van der Waals surface area contributed by atoms with Gasteiger partial charge in [0.1, 0.15) is 11.5 Å². The third-order valence-corrected chi connectivity index (χ3v) is 4.17. The Morgan fingerprint density at radius 2 is 1.48 bits per heavy atom. The van der Waals surface area contributed by atoms with E-state index in [0.717, 1.165) is 28.2 Å². The van der Waals surface area contributed by atoms with Crippen molar-refractivity contribution in [3.05, 3.63) is 71.4 Å². The van der Waals surface area contributed by atoms with Crippen LogP contribution in [0.15, 0.2) is 54.7 Å². The Hall–Kier alpha value is -2.95. The van der Waals surface area contributed by atoms with Crippen molar-refractivity contribution in [1.82, 2.24) is 9.78 Å². The number of rotatable bonds is 6. The van der Waals surface area contributed by atoms with Crippen LogP contribution in [0.25, 0.3) is 0 Å². The Morgan fingerprint density at radius 3 is 2.04 bits per heavy atom. The average Bonchev–Trinajstić information content (AvgIpc) is 3.02. The molecule has 1 heterocycles. The summed E-state index contributed by atoms with van der Waals surface area (Å²) in [5, 5.41) is 4.42. The first-order chi connectivity index (χ1) is 12.2. The Balaban J connectivity index is 2.22. The van der Waals surface area contributed by atoms with Crippen LogP contribution in [0.5, 0.6) is 17.4 Å². The fourth-order valence-corrected chi connectivity index (χ4v) is 3.04. The van der Waals surface area contributed by atoms with Gasteiger partial charge in [0, 0.05) is 30.8 Å². The number of hydrogen-bond donors (Lipinski definition) is 0. The molecule has 1 atom stereocenters. The molecular weight excluding hydrogens is 316 g/mol. The van der Waals surface area contributed by atoms with Gasteiger partial charge in [0.2, 0.25) is 5.88 Å². The Morgan fingerprint density at radius 1 is 0.840 bits per heavy atom. The molecule has 1 unspecified atom stereocenters. The summed E-state index contributed by atoms with van der Waals surface area (Å²) in [6.07, 6.45) is 1.99. The topological polar surface area (TPSA) is 45.5 Å². The number of hydrogen-bond acceptors (Lipinski definition) is 4. The summed E-state index contributed by atoms with van der Waals surface area (Å²) in [6, 6.07) is 16.2. The molecular formula is C20H22N2O3. The molecule has 130 valence electrons. The Kier molecular flexibility index (Phi) is 4.93. The number of nitrogens with zero attached hydrogens (tertiary/aromatic N) is 2. The summed E-state index contributed by atoms with van der Waals surface area (Å²) in [4.78, 5) is 0. The zero-order valence-electron chi connectivity index (χ0n) is 14.9. The molecule has 5 nitrogen and oxygen atoms in total. The monoisotopic (exact) mass is 338 g/mol. The molecule has 0 saturated carbocycles. The third-order valence-electron chi connectivity index (χ3n) is 4.17. The standard InChI is InChI=1S/C20H22N2O3/c1-22-13-18(20(21-22)25-4)19(14-8-6-5-7-9-14)15-10-16(23-2)12-17(11-15)24-3/h5-13,19H,1-4H3. The SMILES string of the molecule is COc1cc(OC)cc(C(c2ccccc2)c2cn(C)nc2OC)c1. The second-order valence-electron chi connectivity index (χ2n) is 5.76. The van der Waals surface area contributed by atoms with E-state index in [4.69, 9.17) is 14.2 Å². The molecule has 0 fully saturated rings. The summed E-state index contributed by atoms with van der Waals surface area (Å²) in [6.45, 7) is 0. The summed E-state index contributed by atoms with van der Waals surface area (Å²) < 4.78 is 18.2. The van der Waals surface area contributed by atoms with Gasteiger partial charge < -0.3 is 14.2 Å². The molecule has 0 N–H and O–H groups in total. The fourth-order valence-electron chi connectivity index (χ4n) is 3.04. The lowest BCUT2D eigenvalue weighted by atomic mass is 9.86. The van der Waals surface area contributed by atoms with Gasteiger partial charge in [0.05, 0.1) is 21.3 Å². The molecule has 5 heteroatoms. The Bertz CT molecular complexity index is 821. The first-order valence-electron chi connectivity index (χ1n) is 8.01. The van der Waals surface area contributed by atoms with Crippen molar-refractivity contribution >= 4 is 0 Å². The quantitative estimate of drug-likeness (QED) is 0.688. The van der Waals surface area contributed by atoms with Crippen molar-refractivity contribution < 1.29 is 14.2 Å². The number of aryl methyl sites for hydroxylation is 1. The lowest BCUT2D eigenvalue weighted by Gasteiger charge is -2.19. The van der Waals surface area contributed by atoms with Crippen molar-refractivity contribution in [2.75, 3.05) is 21.3 Å². The van der Waals surface area contributed by atoms with Gasteiger partial charge in [-0.05, 0) is 23.3 Å². The molecule has 0 radical (unpaired) electrons. The highest BCUT2D eigenvalue weighted by atomic mass is 16.5. The molecule has 0 saturated heterocycles. The molecule has 0 spiro atoms. The predicted molar refractivity (Wildman–Crippen MR) is 96.7 cm³/mol. The van der Waals surface area contributed by atoms with Crippen molar-refractivity contribution in [3.8, 4) is 17.4 Å². The van der Waals surface area contributed by atoms with E-state index in [0.29, 0.717) is 5.88 Å². The van der Waals surface area contributed by atoms with Crippen LogP contribution in [0.4, 0.5) is 0 Å². The van der Waals surface area contributed by atoms with Gasteiger partial charge in [-0.25, -0.2) is 0 Å². The molecule has 25 heavy (non-hydrogen) atoms. The maximum Gasteiger partial charge on any atom is 0.236 e. The first kappa shape index (κ1) is 16.9. The summed E-state index contributed by atoms with van der Waals surface area (Å²) in [5.74, 6) is 2.06. The van der Waals surface area contributed by atoms with Gasteiger partial charge in [0.25, 0.3) is 0 Å². The highest BCUT2D eigenvalue weighted by Gasteiger charge is 2.24. The van der Waals surface area contributed by atoms with Gasteiger partial charge in [-0.15, -0.1) is 5.10 Å². The zero-order valence-corrected chi connectivity index (χ0v) is 14.9. The van der Waals surface area contributed by atoms with E-state index in [1.54, 1.807) is 26.0 Å². The third kappa shape index (κ3) is 3.45. The van der Waals surface area contributed by atoms with E-state index < -0.39 is 0 Å². The summed E-state index contributed by atoms with van der Waals surface area (Å²) in [5.41, 5.74) is 3.18. The summed E-state index contributed by atoms with van der Waals surface area (Å²) in [7, 11) is 6.84. The van der Waals surface area contributed by atoms with Gasteiger partial charge in [0.15, 0.2) is 0 Å². The Labute approximate surface area is 147 Å². The van der Waals surface area contributed by atoms with Crippen LogP contribution in [-0.4, -0.2) is 31.1 Å². The van der Waals surface area contributed by atoms with Gasteiger partial charge in [-0.1, -0.05) is 30.3 Å². The van der Waals surface area contributed by atoms with E-state index in [1.165, 1.54) is 0 Å². The summed E-state index contributed by atoms with van der Waals surface area (Å²) >= 11 is 0. The molecule has 0 amide bonds. The second-order valence-corrected chi connectivity index (χ2v) is 5.76. The first-order valence-corrected chi connectivity index (χ1v) is 8.01. The lowest BCUT2D eigenvalue weighted by Crippen LogP contribution is -2.05. The maximum absolute atomic E-state index is 5.51. The van der Waals surface area contributed by atoms with Gasteiger partial charge in [-0.2, -0.15) is 0 Å². The maximum atomic E-state index is 5.51. The van der Waals surface area contributed by atoms with E-state index in [-0.39, 0.29) is 5.92 Å². The largest absolute Gasteiger partial charge is 0.497 e. The minimum absolute atomic E-state index is 0.0474. The van der Waals surface area contributed by atoms with E-state index in [1.807, 2.05) is 49.6 Å². The molecule has 3 rings (SSSR count). The smallest absolute Gasteiger partial charge is 0.236 e. The fraction of sp³-hybridized carbons (Fsp3) is 0.250. The van der Waals surface area contributed by atoms with Crippen LogP contribution >= 0.6 is 0 Å². The van der Waals surface area contributed by atoms with Crippen LogP contribution in [0, 0.1) is 0 Å². The van der Waals surface area contributed by atoms with Gasteiger partial charge >= 0.3 is 0 Å². The predicted octanol–water partition coefficient (Wildman–Crippen LogP) is 3.63. The number of ether oxygens (including phenoxy) is 3. The van der Waals surface area contributed by atoms with Crippen LogP contribution in [-0.2, 0) is 7.05 Å². The second kappa shape index (κ2) is 7.30. The molecule has 0 bridgehead atoms. The van der Waals surface area contributed by atoms with Gasteiger partial charge in [-0.3, -0.25) is 4.68 Å². The minimum atomic E-state index is -0.0474. The zero-order chi connectivity index (χ0) is 17.8. The van der Waals surface area contributed by atoms with Crippen molar-refractivity contribution in [1.29, 1.82) is 0 Å². The lowest BCUT2D eigenvalue weighted by molar-refractivity contribution is 0.386. The number of aromatic nitrogens is 2. The van der Waals surface area contributed by atoms with Crippen LogP contribution in [0.1, 0.15) is 22.6 Å². The normalized spacial score (nSPS) is 11.8. The van der Waals surface area contributed by atoms with Crippen LogP contribution in [0.3, 0.4) is 0 Å². The van der Waals surface area contributed by atoms with Crippen molar-refractivity contribution in [2.24, 2.45) is 7.05 Å². The minimum Gasteiger partial charge on any atom is -0.497 e. The van der Waals surface area contributed by atoms with Crippen LogP contribution < -0.4 is 14.2 Å². The number of benzene rings is 2. The highest BCUT2D eigenvalue weighted by Crippen LogP contribution is 2.39. The molecule has 0 aliphatic heterocycles. The molecule has 1 aromatic heterocycles. The molecule has 3 aromatic rings. The van der Waals surface area contributed by atoms with Crippen LogP contribution in [0.2, 0.25) is 0 Å². The molecule has 2 aromatic carbocycles. The highest BCUT2D eigenvalue weighted by molar-refractivity contribution is 5.50. The van der Waals surface area contributed by atoms with E-state index in [2.05, 4.69) is 17.2 Å². The molecule has 0 aliphatic rings. The average molecular weight is 338 g/mol. The van der Waals surface area contributed by atoms with Crippen molar-refractivity contribution in [3.63, 3.8) is 0 Å². The molecule has 0 aliphatic carbocycles. The number of methoxy groups -OCH3 is 3. The van der Waals surface area contributed by atoms with Crippen molar-refractivity contribution in [2.45, 2.75) is 5.92 Å². The van der Waals surface area contributed by atoms with E-state index >= 15 is 0 Å².